The van der Waals surface area contributed by atoms with Crippen LogP contribution in [0.2, 0.25) is 0 Å². The number of nitrogens with one attached hydrogen (secondary N) is 1. The van der Waals surface area contributed by atoms with Crippen molar-refractivity contribution in [3.05, 3.63) is 83.4 Å². The molecule has 0 fully saturated rings. The van der Waals surface area contributed by atoms with Crippen molar-refractivity contribution < 1.29 is 9.47 Å². The van der Waals surface area contributed by atoms with Crippen LogP contribution in [0.1, 0.15) is 29.5 Å². The van der Waals surface area contributed by atoms with Crippen molar-refractivity contribution in [1.82, 2.24) is 9.88 Å². The number of ether oxygens (including phenoxy) is 2. The van der Waals surface area contributed by atoms with Crippen molar-refractivity contribution in [2.45, 2.75) is 32.4 Å². The molecular weight excluding hydrogens is 386 g/mol. The summed E-state index contributed by atoms with van der Waals surface area (Å²) in [6, 6.07) is 22.7. The Morgan fingerprint density at radius 3 is 2.61 bits per heavy atom. The maximum atomic E-state index is 5.89. The molecule has 5 nitrogen and oxygen atoms in total. The van der Waals surface area contributed by atoms with Crippen LogP contribution < -0.4 is 14.8 Å². The lowest BCUT2D eigenvalue weighted by Gasteiger charge is -2.28. The minimum absolute atomic E-state index is 0.673. The van der Waals surface area contributed by atoms with Crippen LogP contribution in [0.3, 0.4) is 0 Å². The van der Waals surface area contributed by atoms with E-state index in [2.05, 4.69) is 39.5 Å². The molecule has 3 aromatic rings. The molecule has 0 amide bonds. The van der Waals surface area contributed by atoms with Crippen LogP contribution >= 0.6 is 0 Å². The van der Waals surface area contributed by atoms with Gasteiger partial charge in [-0.2, -0.15) is 4.98 Å². The number of methoxy groups -OCH3 is 1. The van der Waals surface area contributed by atoms with Crippen LogP contribution in [0.15, 0.2) is 66.7 Å². The number of pyridine rings is 1. The van der Waals surface area contributed by atoms with E-state index in [0.29, 0.717) is 19.0 Å². The number of hydrogen-bond acceptors (Lipinski definition) is 5. The lowest BCUT2D eigenvalue weighted by molar-refractivity contribution is 0.233. The van der Waals surface area contributed by atoms with Crippen LogP contribution in [0.25, 0.3) is 0 Å². The Bertz CT molecular complexity index is 959. The summed E-state index contributed by atoms with van der Waals surface area (Å²) >= 11 is 0. The first kappa shape index (κ1) is 21.2. The number of anilines is 1. The molecule has 0 saturated carbocycles. The van der Waals surface area contributed by atoms with E-state index in [1.165, 1.54) is 16.7 Å². The van der Waals surface area contributed by atoms with Crippen molar-refractivity contribution in [1.29, 1.82) is 0 Å². The average molecular weight is 418 g/mol. The highest BCUT2D eigenvalue weighted by atomic mass is 16.5. The van der Waals surface area contributed by atoms with Gasteiger partial charge in [0.2, 0.25) is 5.88 Å². The monoisotopic (exact) mass is 417 g/mol. The van der Waals surface area contributed by atoms with Crippen LogP contribution in [-0.4, -0.2) is 36.7 Å². The Morgan fingerprint density at radius 1 is 0.935 bits per heavy atom. The Labute approximate surface area is 185 Å². The quantitative estimate of drug-likeness (QED) is 0.475. The molecule has 162 valence electrons. The normalized spacial score (nSPS) is 13.5. The van der Waals surface area contributed by atoms with E-state index in [9.17, 15) is 0 Å². The number of unbranched alkanes of at least 4 members (excludes halogenated alkanes) is 1. The standard InChI is InChI=1S/C26H31N3O2/c1-30-24-13-11-21(12-14-24)19-27-25-9-6-10-26(28-25)31-18-5-4-16-29-17-15-22-7-2-3-8-23(22)20-29/h2-3,6-14H,4-5,15-20H2,1H3,(H,27,28). The molecule has 2 aromatic carbocycles. The maximum Gasteiger partial charge on any atom is 0.215 e. The second-order valence-electron chi connectivity index (χ2n) is 7.91. The molecule has 2 heterocycles. The molecule has 1 aromatic heterocycles. The summed E-state index contributed by atoms with van der Waals surface area (Å²) in [5, 5.41) is 3.35. The molecule has 0 radical (unpaired) electrons. The van der Waals surface area contributed by atoms with Crippen molar-refractivity contribution in [2.75, 3.05) is 32.1 Å². The Balaban J connectivity index is 1.16. The molecule has 0 bridgehead atoms. The van der Waals surface area contributed by atoms with Gasteiger partial charge in [0.1, 0.15) is 11.6 Å². The smallest absolute Gasteiger partial charge is 0.215 e. The van der Waals surface area contributed by atoms with Gasteiger partial charge in [-0.05, 0) is 60.7 Å². The molecule has 0 saturated heterocycles. The molecule has 5 heteroatoms. The van der Waals surface area contributed by atoms with Gasteiger partial charge in [0, 0.05) is 25.7 Å². The van der Waals surface area contributed by atoms with Crippen LogP contribution in [-0.2, 0) is 19.5 Å². The fraction of sp³-hybridized carbons (Fsp3) is 0.346. The summed E-state index contributed by atoms with van der Waals surface area (Å²) < 4.78 is 11.1. The minimum Gasteiger partial charge on any atom is -0.497 e. The zero-order chi connectivity index (χ0) is 21.3. The van der Waals surface area contributed by atoms with E-state index in [0.717, 1.165) is 50.5 Å². The molecule has 1 aliphatic rings. The molecule has 1 N–H and O–H groups in total. The predicted octanol–water partition coefficient (Wildman–Crippen LogP) is 4.92. The van der Waals surface area contributed by atoms with Crippen LogP contribution in [0, 0.1) is 0 Å². The summed E-state index contributed by atoms with van der Waals surface area (Å²) in [5.74, 6) is 2.36. The number of fused-ring (bicyclic) bond motifs is 1. The molecule has 4 rings (SSSR count). The third-order valence-electron chi connectivity index (χ3n) is 5.68. The Hall–Kier alpha value is -3.05. The molecular formula is C26H31N3O2. The van der Waals surface area contributed by atoms with E-state index in [4.69, 9.17) is 9.47 Å². The van der Waals surface area contributed by atoms with Gasteiger partial charge in [-0.3, -0.25) is 4.90 Å². The third kappa shape index (κ3) is 6.22. The zero-order valence-electron chi connectivity index (χ0n) is 18.2. The van der Waals surface area contributed by atoms with E-state index >= 15 is 0 Å². The Kier molecular flexibility index (Phi) is 7.40. The second kappa shape index (κ2) is 10.8. The number of aromatic nitrogens is 1. The predicted molar refractivity (Wildman–Crippen MR) is 125 cm³/mol. The summed E-state index contributed by atoms with van der Waals surface area (Å²) in [6.45, 7) is 4.75. The molecule has 0 unspecified atom stereocenters. The van der Waals surface area contributed by atoms with Gasteiger partial charge in [-0.25, -0.2) is 0 Å². The third-order valence-corrected chi connectivity index (χ3v) is 5.68. The van der Waals surface area contributed by atoms with Crippen molar-refractivity contribution in [3.8, 4) is 11.6 Å². The Morgan fingerprint density at radius 2 is 1.77 bits per heavy atom. The first-order valence-corrected chi connectivity index (χ1v) is 11.1. The first-order valence-electron chi connectivity index (χ1n) is 11.1. The van der Waals surface area contributed by atoms with Crippen molar-refractivity contribution in [3.63, 3.8) is 0 Å². The highest BCUT2D eigenvalue weighted by molar-refractivity contribution is 5.38. The summed E-state index contributed by atoms with van der Waals surface area (Å²) in [6.07, 6.45) is 3.33. The fourth-order valence-electron chi connectivity index (χ4n) is 3.89. The van der Waals surface area contributed by atoms with E-state index in [1.807, 2.05) is 42.5 Å². The van der Waals surface area contributed by atoms with Gasteiger partial charge in [0.25, 0.3) is 0 Å². The minimum atomic E-state index is 0.673. The fourth-order valence-corrected chi connectivity index (χ4v) is 3.89. The number of rotatable bonds is 10. The molecule has 1 aliphatic heterocycles. The topological polar surface area (TPSA) is 46.6 Å². The molecule has 0 aliphatic carbocycles. The lowest BCUT2D eigenvalue weighted by atomic mass is 10.00. The lowest BCUT2D eigenvalue weighted by Crippen LogP contribution is -2.31. The summed E-state index contributed by atoms with van der Waals surface area (Å²) in [7, 11) is 1.68. The summed E-state index contributed by atoms with van der Waals surface area (Å²) in [5.41, 5.74) is 4.16. The highest BCUT2D eigenvalue weighted by Crippen LogP contribution is 2.19. The number of hydrogen-bond donors (Lipinski definition) is 1. The van der Waals surface area contributed by atoms with Crippen molar-refractivity contribution in [2.24, 2.45) is 0 Å². The average Bonchev–Trinajstić information content (AvgIpc) is 2.83. The first-order chi connectivity index (χ1) is 15.3. The zero-order valence-corrected chi connectivity index (χ0v) is 18.2. The molecule has 0 spiro atoms. The molecule has 0 atom stereocenters. The number of nitrogens with zero attached hydrogens (tertiary/aromatic N) is 2. The molecule has 31 heavy (non-hydrogen) atoms. The van der Waals surface area contributed by atoms with Gasteiger partial charge < -0.3 is 14.8 Å². The van der Waals surface area contributed by atoms with Crippen LogP contribution in [0.5, 0.6) is 11.6 Å². The van der Waals surface area contributed by atoms with E-state index in [-0.39, 0.29) is 0 Å². The van der Waals surface area contributed by atoms with E-state index < -0.39 is 0 Å². The maximum absolute atomic E-state index is 5.89. The van der Waals surface area contributed by atoms with Gasteiger partial charge in [0.15, 0.2) is 0 Å². The van der Waals surface area contributed by atoms with Gasteiger partial charge in [0.05, 0.1) is 13.7 Å². The van der Waals surface area contributed by atoms with Crippen molar-refractivity contribution >= 4 is 5.82 Å². The number of benzene rings is 2. The largest absolute Gasteiger partial charge is 0.497 e. The van der Waals surface area contributed by atoms with Gasteiger partial charge in [-0.15, -0.1) is 0 Å². The van der Waals surface area contributed by atoms with E-state index in [1.54, 1.807) is 7.11 Å². The summed E-state index contributed by atoms with van der Waals surface area (Å²) in [4.78, 5) is 7.11. The SMILES string of the molecule is COc1ccc(CNc2cccc(OCCCCN3CCc4ccccc4C3)n2)cc1. The van der Waals surface area contributed by atoms with Crippen LogP contribution in [0.4, 0.5) is 5.82 Å². The highest BCUT2D eigenvalue weighted by Gasteiger charge is 2.14. The van der Waals surface area contributed by atoms with Gasteiger partial charge in [-0.1, -0.05) is 42.5 Å². The van der Waals surface area contributed by atoms with Gasteiger partial charge >= 0.3 is 0 Å². The second-order valence-corrected chi connectivity index (χ2v) is 7.91.